The number of rotatable bonds is 5. The van der Waals surface area contributed by atoms with Crippen molar-refractivity contribution < 1.29 is 9.90 Å². The van der Waals surface area contributed by atoms with E-state index in [1.807, 2.05) is 12.4 Å². The van der Waals surface area contributed by atoms with Gasteiger partial charge in [-0.15, -0.1) is 0 Å². The highest BCUT2D eigenvalue weighted by Crippen LogP contribution is 2.25. The minimum absolute atomic E-state index is 0.214. The van der Waals surface area contributed by atoms with Crippen LogP contribution in [0.15, 0.2) is 12.4 Å². The Hall–Kier alpha value is -1.65. The predicted octanol–water partition coefficient (Wildman–Crippen LogP) is 2.43. The minimum atomic E-state index is -0.733. The first-order valence-electron chi connectivity index (χ1n) is 6.88. The number of aromatic nitrogens is 2. The van der Waals surface area contributed by atoms with E-state index in [1.54, 1.807) is 0 Å². The summed E-state index contributed by atoms with van der Waals surface area (Å²) in [4.78, 5) is 21.7. The number of nitrogens with zero attached hydrogens (tertiary/aromatic N) is 3. The Morgan fingerprint density at radius 2 is 2.16 bits per heavy atom. The van der Waals surface area contributed by atoms with Gasteiger partial charge >= 0.3 is 5.97 Å². The molecule has 0 aromatic carbocycles. The van der Waals surface area contributed by atoms with E-state index in [2.05, 4.69) is 28.7 Å². The molecule has 1 aromatic rings. The standard InChI is InChI=1S/C14H21N3O2/c1-10(2)11-8-15-14(16-9-11)17-7-3-4-12(17)5-6-13(18)19/h8-10,12H,3-7H2,1-2H3,(H,18,19). The summed E-state index contributed by atoms with van der Waals surface area (Å²) in [5.41, 5.74) is 1.13. The van der Waals surface area contributed by atoms with Gasteiger partial charge in [-0.1, -0.05) is 13.8 Å². The average Bonchev–Trinajstić information content (AvgIpc) is 2.84. The van der Waals surface area contributed by atoms with Crippen LogP contribution < -0.4 is 4.90 Å². The second-order valence-electron chi connectivity index (χ2n) is 5.39. The predicted molar refractivity (Wildman–Crippen MR) is 73.4 cm³/mol. The van der Waals surface area contributed by atoms with Crippen molar-refractivity contribution in [1.29, 1.82) is 0 Å². The van der Waals surface area contributed by atoms with Gasteiger partial charge in [-0.2, -0.15) is 0 Å². The van der Waals surface area contributed by atoms with Crippen LogP contribution in [0.5, 0.6) is 0 Å². The molecule has 0 spiro atoms. The Balaban J connectivity index is 2.04. The van der Waals surface area contributed by atoms with Crippen LogP contribution in [0.25, 0.3) is 0 Å². The van der Waals surface area contributed by atoms with Crippen LogP contribution in [0.4, 0.5) is 5.95 Å². The molecular formula is C14H21N3O2. The number of hydrogen-bond acceptors (Lipinski definition) is 4. The molecule has 0 radical (unpaired) electrons. The van der Waals surface area contributed by atoms with Gasteiger partial charge in [-0.05, 0) is 30.7 Å². The maximum atomic E-state index is 10.7. The smallest absolute Gasteiger partial charge is 0.303 e. The highest BCUT2D eigenvalue weighted by molar-refractivity contribution is 5.66. The lowest BCUT2D eigenvalue weighted by atomic mass is 10.1. The van der Waals surface area contributed by atoms with Crippen molar-refractivity contribution in [2.24, 2.45) is 0 Å². The van der Waals surface area contributed by atoms with Gasteiger partial charge in [0.15, 0.2) is 0 Å². The summed E-state index contributed by atoms with van der Waals surface area (Å²) in [6, 6.07) is 0.265. The second kappa shape index (κ2) is 5.99. The summed E-state index contributed by atoms with van der Waals surface area (Å²) >= 11 is 0. The zero-order chi connectivity index (χ0) is 13.8. The Bertz CT molecular complexity index is 431. The largest absolute Gasteiger partial charge is 0.481 e. The van der Waals surface area contributed by atoms with Crippen LogP contribution in [-0.4, -0.2) is 33.6 Å². The van der Waals surface area contributed by atoms with Crippen LogP contribution in [0.1, 0.15) is 51.0 Å². The molecule has 1 aliphatic heterocycles. The Kier molecular flexibility index (Phi) is 4.35. The van der Waals surface area contributed by atoms with Crippen molar-refractivity contribution in [3.63, 3.8) is 0 Å². The van der Waals surface area contributed by atoms with Crippen LogP contribution >= 0.6 is 0 Å². The van der Waals surface area contributed by atoms with Crippen molar-refractivity contribution >= 4 is 11.9 Å². The van der Waals surface area contributed by atoms with Gasteiger partial charge in [0.25, 0.3) is 0 Å². The third kappa shape index (κ3) is 3.43. The summed E-state index contributed by atoms with van der Waals surface area (Å²) in [6.07, 6.45) is 6.75. The normalized spacial score (nSPS) is 19.1. The minimum Gasteiger partial charge on any atom is -0.481 e. The van der Waals surface area contributed by atoms with Crippen molar-refractivity contribution in [3.8, 4) is 0 Å². The summed E-state index contributed by atoms with van der Waals surface area (Å²) in [6.45, 7) is 5.15. The van der Waals surface area contributed by atoms with E-state index >= 15 is 0 Å². The molecule has 1 unspecified atom stereocenters. The SMILES string of the molecule is CC(C)c1cnc(N2CCCC2CCC(=O)O)nc1. The Morgan fingerprint density at radius 1 is 1.47 bits per heavy atom. The molecule has 0 amide bonds. The molecule has 1 N–H and O–H groups in total. The fraction of sp³-hybridized carbons (Fsp3) is 0.643. The van der Waals surface area contributed by atoms with Gasteiger partial charge in [0, 0.05) is 31.4 Å². The first kappa shape index (κ1) is 13.8. The molecule has 1 aromatic heterocycles. The highest BCUT2D eigenvalue weighted by Gasteiger charge is 2.26. The molecule has 1 aliphatic rings. The van der Waals surface area contributed by atoms with Crippen LogP contribution in [0.2, 0.25) is 0 Å². The maximum Gasteiger partial charge on any atom is 0.303 e. The lowest BCUT2D eigenvalue weighted by molar-refractivity contribution is -0.137. The quantitative estimate of drug-likeness (QED) is 0.883. The van der Waals surface area contributed by atoms with Gasteiger partial charge in [0.1, 0.15) is 0 Å². The molecule has 19 heavy (non-hydrogen) atoms. The fourth-order valence-electron chi connectivity index (χ4n) is 2.47. The van der Waals surface area contributed by atoms with E-state index in [0.717, 1.165) is 30.9 Å². The molecule has 0 saturated carbocycles. The maximum absolute atomic E-state index is 10.7. The van der Waals surface area contributed by atoms with E-state index in [4.69, 9.17) is 5.11 Å². The molecular weight excluding hydrogens is 242 g/mol. The van der Waals surface area contributed by atoms with Crippen LogP contribution in [0, 0.1) is 0 Å². The van der Waals surface area contributed by atoms with Crippen molar-refractivity contribution in [1.82, 2.24) is 9.97 Å². The van der Waals surface area contributed by atoms with Gasteiger partial charge < -0.3 is 10.0 Å². The molecule has 2 heterocycles. The first-order chi connectivity index (χ1) is 9.08. The van der Waals surface area contributed by atoms with E-state index < -0.39 is 5.97 Å². The summed E-state index contributed by atoms with van der Waals surface area (Å²) in [5, 5.41) is 8.78. The van der Waals surface area contributed by atoms with E-state index in [1.165, 1.54) is 0 Å². The molecule has 2 rings (SSSR count). The van der Waals surface area contributed by atoms with Gasteiger partial charge in [-0.25, -0.2) is 9.97 Å². The topological polar surface area (TPSA) is 66.3 Å². The molecule has 0 aliphatic carbocycles. The van der Waals surface area contributed by atoms with Crippen LogP contribution in [-0.2, 0) is 4.79 Å². The molecule has 1 saturated heterocycles. The van der Waals surface area contributed by atoms with Crippen molar-refractivity contribution in [2.45, 2.75) is 51.5 Å². The van der Waals surface area contributed by atoms with Crippen molar-refractivity contribution in [3.05, 3.63) is 18.0 Å². The zero-order valence-electron chi connectivity index (χ0n) is 11.5. The summed E-state index contributed by atoms with van der Waals surface area (Å²) < 4.78 is 0. The molecule has 104 valence electrons. The second-order valence-corrected chi connectivity index (χ2v) is 5.39. The number of anilines is 1. The highest BCUT2D eigenvalue weighted by atomic mass is 16.4. The lowest BCUT2D eigenvalue weighted by Crippen LogP contribution is -2.31. The molecule has 5 heteroatoms. The summed E-state index contributed by atoms with van der Waals surface area (Å²) in [7, 11) is 0. The van der Waals surface area contributed by atoms with Crippen LogP contribution in [0.3, 0.4) is 0 Å². The third-order valence-electron chi connectivity index (χ3n) is 3.65. The van der Waals surface area contributed by atoms with Gasteiger partial charge in [0.2, 0.25) is 5.95 Å². The summed E-state index contributed by atoms with van der Waals surface area (Å²) in [5.74, 6) is 0.427. The molecule has 1 atom stereocenters. The van der Waals surface area contributed by atoms with Gasteiger partial charge in [0.05, 0.1) is 0 Å². The Morgan fingerprint density at radius 3 is 2.74 bits per heavy atom. The average molecular weight is 263 g/mol. The first-order valence-corrected chi connectivity index (χ1v) is 6.88. The van der Waals surface area contributed by atoms with Gasteiger partial charge in [-0.3, -0.25) is 4.79 Å². The number of carbonyl (C=O) groups is 1. The molecule has 5 nitrogen and oxygen atoms in total. The number of carboxylic acids is 1. The number of aliphatic carboxylic acids is 1. The Labute approximate surface area is 113 Å². The monoisotopic (exact) mass is 263 g/mol. The molecule has 1 fully saturated rings. The lowest BCUT2D eigenvalue weighted by Gasteiger charge is -2.24. The number of hydrogen-bond donors (Lipinski definition) is 1. The van der Waals surface area contributed by atoms with E-state index in [0.29, 0.717) is 12.3 Å². The van der Waals surface area contributed by atoms with E-state index in [-0.39, 0.29) is 12.5 Å². The zero-order valence-corrected chi connectivity index (χ0v) is 11.5. The fourth-order valence-corrected chi connectivity index (χ4v) is 2.47. The third-order valence-corrected chi connectivity index (χ3v) is 3.65. The van der Waals surface area contributed by atoms with Crippen molar-refractivity contribution in [2.75, 3.05) is 11.4 Å². The molecule has 0 bridgehead atoms. The van der Waals surface area contributed by atoms with E-state index in [9.17, 15) is 4.79 Å². The number of carboxylic acid groups (broad SMARTS) is 1.